The van der Waals surface area contributed by atoms with Gasteiger partial charge >= 0.3 is 0 Å². The Balaban J connectivity index is 0.995. The van der Waals surface area contributed by atoms with E-state index in [0.717, 1.165) is 50.1 Å². The molecule has 9 aromatic carbocycles. The Labute approximate surface area is 322 Å². The van der Waals surface area contributed by atoms with Crippen LogP contribution in [0.5, 0.6) is 0 Å². The fourth-order valence-electron chi connectivity index (χ4n) is 8.06. The number of nitrogens with zero attached hydrogens (tertiary/aromatic N) is 1. The molecule has 0 unspecified atom stereocenters. The molecule has 0 aliphatic heterocycles. The Kier molecular flexibility index (Phi) is 7.39. The zero-order chi connectivity index (χ0) is 36.3. The first kappa shape index (κ1) is 31.6. The van der Waals surface area contributed by atoms with Crippen LogP contribution in [0, 0.1) is 0 Å². The van der Waals surface area contributed by atoms with Crippen molar-refractivity contribution in [3.8, 4) is 33.4 Å². The molecule has 0 saturated carbocycles. The maximum absolute atomic E-state index is 6.15. The summed E-state index contributed by atoms with van der Waals surface area (Å²) in [5.74, 6) is 0. The Morgan fingerprint density at radius 3 is 1.71 bits per heavy atom. The number of thiophene rings is 1. The summed E-state index contributed by atoms with van der Waals surface area (Å²) in [5.41, 5.74) is 12.2. The molecule has 258 valence electrons. The molecule has 0 bridgehead atoms. The van der Waals surface area contributed by atoms with Crippen molar-refractivity contribution >= 4 is 81.3 Å². The van der Waals surface area contributed by atoms with Gasteiger partial charge in [-0.3, -0.25) is 0 Å². The van der Waals surface area contributed by atoms with Gasteiger partial charge in [-0.25, -0.2) is 0 Å². The van der Waals surface area contributed by atoms with Crippen molar-refractivity contribution in [2.45, 2.75) is 0 Å². The number of furan rings is 1. The molecular weight excluding hydrogens is 687 g/mol. The van der Waals surface area contributed by atoms with Crippen LogP contribution in [0.4, 0.5) is 17.1 Å². The van der Waals surface area contributed by atoms with E-state index in [1.807, 2.05) is 23.5 Å². The molecule has 11 aromatic rings. The standard InChI is InChI=1S/C52H33NOS/c1-2-9-37-30-39(17-16-34(37)8-1)35-18-24-42(25-19-35)53(43-26-20-36(21-27-43)41-22-28-47-46-13-4-6-15-51(46)55-52(47)33-41)44-11-7-10-38(31-44)40-23-29-50-48(32-40)45-12-3-5-14-49(45)54-50/h1-33H. The molecular formula is C52H33NOS. The number of hydrogen-bond donors (Lipinski definition) is 0. The van der Waals surface area contributed by atoms with Crippen LogP contribution in [-0.2, 0) is 0 Å². The number of rotatable bonds is 6. The van der Waals surface area contributed by atoms with Crippen LogP contribution in [0.25, 0.3) is 86.3 Å². The maximum atomic E-state index is 6.15. The van der Waals surface area contributed by atoms with E-state index in [1.54, 1.807) is 0 Å². The molecule has 2 nitrogen and oxygen atoms in total. The molecule has 55 heavy (non-hydrogen) atoms. The van der Waals surface area contributed by atoms with Crippen molar-refractivity contribution in [2.75, 3.05) is 4.90 Å². The Morgan fingerprint density at radius 2 is 0.891 bits per heavy atom. The molecule has 11 rings (SSSR count). The highest BCUT2D eigenvalue weighted by Gasteiger charge is 2.16. The topological polar surface area (TPSA) is 16.4 Å². The molecule has 0 fully saturated rings. The van der Waals surface area contributed by atoms with Crippen LogP contribution in [0.3, 0.4) is 0 Å². The van der Waals surface area contributed by atoms with Gasteiger partial charge in [-0.15, -0.1) is 11.3 Å². The highest BCUT2D eigenvalue weighted by atomic mass is 32.1. The first-order valence-corrected chi connectivity index (χ1v) is 19.5. The average Bonchev–Trinajstić information content (AvgIpc) is 3.82. The summed E-state index contributed by atoms with van der Waals surface area (Å²) in [7, 11) is 0. The monoisotopic (exact) mass is 719 g/mol. The smallest absolute Gasteiger partial charge is 0.135 e. The molecule has 0 atom stereocenters. The summed E-state index contributed by atoms with van der Waals surface area (Å²) in [5, 5.41) is 7.41. The van der Waals surface area contributed by atoms with Crippen LogP contribution in [0.2, 0.25) is 0 Å². The van der Waals surface area contributed by atoms with Gasteiger partial charge < -0.3 is 9.32 Å². The Hall–Kier alpha value is -6.94. The lowest BCUT2D eigenvalue weighted by molar-refractivity contribution is 0.669. The zero-order valence-corrected chi connectivity index (χ0v) is 30.6. The Bertz CT molecular complexity index is 3210. The molecule has 0 spiro atoms. The minimum atomic E-state index is 0.904. The summed E-state index contributed by atoms with van der Waals surface area (Å²) in [6.07, 6.45) is 0. The van der Waals surface area contributed by atoms with Crippen molar-refractivity contribution in [2.24, 2.45) is 0 Å². The quantitative estimate of drug-likeness (QED) is 0.170. The van der Waals surface area contributed by atoms with E-state index in [0.29, 0.717) is 0 Å². The van der Waals surface area contributed by atoms with Crippen molar-refractivity contribution in [3.05, 3.63) is 200 Å². The predicted molar refractivity (Wildman–Crippen MR) is 235 cm³/mol. The summed E-state index contributed by atoms with van der Waals surface area (Å²) in [4.78, 5) is 2.36. The maximum Gasteiger partial charge on any atom is 0.135 e. The molecule has 0 N–H and O–H groups in total. The second-order valence-electron chi connectivity index (χ2n) is 14.2. The number of fused-ring (bicyclic) bond motifs is 7. The number of benzene rings is 9. The summed E-state index contributed by atoms with van der Waals surface area (Å²) < 4.78 is 8.79. The number of hydrogen-bond acceptors (Lipinski definition) is 3. The second kappa shape index (κ2) is 12.9. The van der Waals surface area contributed by atoms with E-state index in [1.165, 1.54) is 53.2 Å². The highest BCUT2D eigenvalue weighted by Crippen LogP contribution is 2.41. The second-order valence-corrected chi connectivity index (χ2v) is 15.2. The van der Waals surface area contributed by atoms with Crippen molar-refractivity contribution < 1.29 is 4.42 Å². The van der Waals surface area contributed by atoms with Gasteiger partial charge in [-0.2, -0.15) is 0 Å². The van der Waals surface area contributed by atoms with E-state index < -0.39 is 0 Å². The van der Waals surface area contributed by atoms with Crippen molar-refractivity contribution in [1.29, 1.82) is 0 Å². The van der Waals surface area contributed by atoms with E-state index in [4.69, 9.17) is 4.42 Å². The number of anilines is 3. The first-order chi connectivity index (χ1) is 27.2. The van der Waals surface area contributed by atoms with Crippen molar-refractivity contribution in [1.82, 2.24) is 0 Å². The van der Waals surface area contributed by atoms with Gasteiger partial charge in [-0.05, 0) is 117 Å². The van der Waals surface area contributed by atoms with E-state index in [9.17, 15) is 0 Å². The SMILES string of the molecule is c1cc(-c2ccc3oc4ccccc4c3c2)cc(N(c2ccc(-c3ccc4ccccc4c3)cc2)c2ccc(-c3ccc4c(c3)sc3ccccc34)cc2)c1. The van der Waals surface area contributed by atoms with Crippen LogP contribution in [-0.4, -0.2) is 0 Å². The molecule has 0 radical (unpaired) electrons. The average molecular weight is 720 g/mol. The van der Waals surface area contributed by atoms with Crippen LogP contribution in [0.1, 0.15) is 0 Å². The third kappa shape index (κ3) is 5.56. The van der Waals surface area contributed by atoms with Gasteiger partial charge in [0.1, 0.15) is 11.2 Å². The molecule has 0 amide bonds. The minimum absolute atomic E-state index is 0.904. The van der Waals surface area contributed by atoms with Gasteiger partial charge in [0.25, 0.3) is 0 Å². The highest BCUT2D eigenvalue weighted by molar-refractivity contribution is 7.25. The van der Waals surface area contributed by atoms with Crippen LogP contribution < -0.4 is 4.90 Å². The van der Waals surface area contributed by atoms with Crippen LogP contribution in [0.15, 0.2) is 205 Å². The largest absolute Gasteiger partial charge is 0.456 e. The lowest BCUT2D eigenvalue weighted by Crippen LogP contribution is -2.10. The molecule has 0 saturated heterocycles. The normalized spacial score (nSPS) is 11.6. The van der Waals surface area contributed by atoms with Gasteiger partial charge in [0.15, 0.2) is 0 Å². The van der Waals surface area contributed by atoms with E-state index in [-0.39, 0.29) is 0 Å². The van der Waals surface area contributed by atoms with Gasteiger partial charge in [0, 0.05) is 48.0 Å². The summed E-state index contributed by atoms with van der Waals surface area (Å²) in [6, 6.07) is 72.4. The third-order valence-corrected chi connectivity index (χ3v) is 12.0. The molecule has 2 heterocycles. The Morgan fingerprint density at radius 1 is 0.309 bits per heavy atom. The van der Waals surface area contributed by atoms with Crippen molar-refractivity contribution in [3.63, 3.8) is 0 Å². The van der Waals surface area contributed by atoms with E-state index >= 15 is 0 Å². The summed E-state index contributed by atoms with van der Waals surface area (Å²) in [6.45, 7) is 0. The minimum Gasteiger partial charge on any atom is -0.456 e. The molecule has 0 aliphatic rings. The third-order valence-electron chi connectivity index (χ3n) is 10.9. The fraction of sp³-hybridized carbons (Fsp3) is 0. The van der Waals surface area contributed by atoms with E-state index in [2.05, 4.69) is 193 Å². The van der Waals surface area contributed by atoms with Gasteiger partial charge in [0.2, 0.25) is 0 Å². The number of para-hydroxylation sites is 1. The molecule has 0 aliphatic carbocycles. The first-order valence-electron chi connectivity index (χ1n) is 18.6. The zero-order valence-electron chi connectivity index (χ0n) is 29.8. The molecule has 2 aromatic heterocycles. The van der Waals surface area contributed by atoms with Gasteiger partial charge in [-0.1, -0.05) is 127 Å². The van der Waals surface area contributed by atoms with Crippen LogP contribution >= 0.6 is 11.3 Å². The summed E-state index contributed by atoms with van der Waals surface area (Å²) >= 11 is 1.86. The lowest BCUT2D eigenvalue weighted by Gasteiger charge is -2.26. The van der Waals surface area contributed by atoms with Gasteiger partial charge in [0.05, 0.1) is 0 Å². The predicted octanol–water partition coefficient (Wildman–Crippen LogP) is 15.6. The molecule has 3 heteroatoms. The lowest BCUT2D eigenvalue weighted by atomic mass is 10.00. The fourth-order valence-corrected chi connectivity index (χ4v) is 9.20.